The summed E-state index contributed by atoms with van der Waals surface area (Å²) in [6.07, 6.45) is 4.96. The minimum atomic E-state index is -0.425. The first kappa shape index (κ1) is 23.2. The van der Waals surface area contributed by atoms with Crippen LogP contribution in [0.3, 0.4) is 0 Å². The Morgan fingerprint density at radius 2 is 1.92 bits per heavy atom. The molecule has 7 nitrogen and oxygen atoms in total. The molecule has 0 saturated carbocycles. The Morgan fingerprint density at radius 3 is 2.36 bits per heavy atom. The Kier molecular flexibility index (Phi) is 12.6. The van der Waals surface area contributed by atoms with E-state index in [2.05, 4.69) is 21.3 Å². The molecule has 0 unspecified atom stereocenters. The molecular weight excluding hydrogens is 346 g/mol. The van der Waals surface area contributed by atoms with Gasteiger partial charge in [0, 0.05) is 26.9 Å². The minimum Gasteiger partial charge on any atom is -0.396 e. The summed E-state index contributed by atoms with van der Waals surface area (Å²) in [7, 11) is 3.25. The molecule has 0 bridgehead atoms. The van der Waals surface area contributed by atoms with Crippen molar-refractivity contribution in [2.24, 2.45) is 0 Å². The average molecular weight is 371 g/mol. The lowest BCUT2D eigenvalue weighted by atomic mass is 10.0. The number of ketones is 2. The van der Waals surface area contributed by atoms with Gasteiger partial charge < -0.3 is 14.4 Å². The molecule has 140 valence electrons. The number of aliphatic hydroxyl groups is 1. The van der Waals surface area contributed by atoms with Crippen LogP contribution in [0.25, 0.3) is 0 Å². The monoisotopic (exact) mass is 371 g/mol. The molecular formula is C17H25NO6S. The Bertz CT molecular complexity index is 590. The third kappa shape index (κ3) is 7.33. The van der Waals surface area contributed by atoms with Crippen molar-refractivity contribution in [3.8, 4) is 0 Å². The summed E-state index contributed by atoms with van der Waals surface area (Å²) in [6, 6.07) is 0. The summed E-state index contributed by atoms with van der Waals surface area (Å²) in [6.45, 7) is 4.34. The van der Waals surface area contributed by atoms with Crippen LogP contribution in [0.15, 0.2) is 15.5 Å². The van der Waals surface area contributed by atoms with Gasteiger partial charge in [-0.3, -0.25) is 14.4 Å². The normalized spacial score (nSPS) is 12.3. The Balaban J connectivity index is 0.000000538. The summed E-state index contributed by atoms with van der Waals surface area (Å²) in [5, 5.41) is 11.6. The molecule has 0 aliphatic heterocycles. The average Bonchev–Trinajstić information content (AvgIpc) is 3.04. The number of unbranched alkanes of at least 4 members (excludes halogenated alkanes) is 2. The molecule has 0 spiro atoms. The maximum atomic E-state index is 11.9. The standard InChI is InChI=1S/C10H7NO4S.C5H12O.C2H6O/c1-2-16-7-3-6(13)10-8(9(7)14)5(4-12)11-15-10;1-2-3-4-5-6;1-3-2/h3-4H,2H2,1H3;6H,2-5H2,1H3;1-2H3. The highest BCUT2D eigenvalue weighted by molar-refractivity contribution is 8.04. The smallest absolute Gasteiger partial charge is 0.225 e. The second kappa shape index (κ2) is 13.5. The largest absolute Gasteiger partial charge is 0.396 e. The predicted octanol–water partition coefficient (Wildman–Crippen LogP) is 2.93. The van der Waals surface area contributed by atoms with Crippen molar-refractivity contribution >= 4 is 29.6 Å². The van der Waals surface area contributed by atoms with E-state index in [-0.39, 0.29) is 22.8 Å². The van der Waals surface area contributed by atoms with Crippen LogP contribution in [-0.2, 0) is 4.74 Å². The van der Waals surface area contributed by atoms with Crippen LogP contribution in [0.4, 0.5) is 0 Å². The molecule has 1 N–H and O–H groups in total. The van der Waals surface area contributed by atoms with Crippen LogP contribution in [0.1, 0.15) is 64.5 Å². The minimum absolute atomic E-state index is 0.0153. The summed E-state index contributed by atoms with van der Waals surface area (Å²) < 4.78 is 8.93. The van der Waals surface area contributed by atoms with Crippen LogP contribution in [0, 0.1) is 0 Å². The molecule has 0 radical (unpaired) electrons. The van der Waals surface area contributed by atoms with Crippen LogP contribution < -0.4 is 0 Å². The number of carbonyl (C=O) groups excluding carboxylic acids is 3. The number of aliphatic hydroxyl groups excluding tert-OH is 1. The highest BCUT2D eigenvalue weighted by Crippen LogP contribution is 2.29. The number of hydrogen-bond donors (Lipinski definition) is 1. The molecule has 25 heavy (non-hydrogen) atoms. The Labute approximate surface area is 151 Å². The number of ether oxygens (including phenoxy) is 1. The number of thioether (sulfide) groups is 1. The fourth-order valence-corrected chi connectivity index (χ4v) is 2.50. The molecule has 0 saturated heterocycles. The molecule has 2 rings (SSSR count). The third-order valence-electron chi connectivity index (χ3n) is 2.83. The first-order chi connectivity index (χ1) is 12.0. The SMILES string of the molecule is CCCCCO.CCSC1=CC(=O)c2onc(C=O)c2C1=O.COC. The number of Topliss-reactive ketones (excluding diaryl/α,β-unsaturated/α-hetero) is 1. The predicted molar refractivity (Wildman–Crippen MR) is 96.3 cm³/mol. The van der Waals surface area contributed by atoms with E-state index in [1.54, 1.807) is 14.2 Å². The van der Waals surface area contributed by atoms with Gasteiger partial charge in [0.05, 0.1) is 4.91 Å². The van der Waals surface area contributed by atoms with Gasteiger partial charge >= 0.3 is 0 Å². The molecule has 1 heterocycles. The lowest BCUT2D eigenvalue weighted by Crippen LogP contribution is -2.15. The maximum Gasteiger partial charge on any atom is 0.225 e. The molecule has 0 amide bonds. The summed E-state index contributed by atoms with van der Waals surface area (Å²) in [5.74, 6) is -0.273. The van der Waals surface area contributed by atoms with Gasteiger partial charge in [-0.2, -0.15) is 0 Å². The number of allylic oxidation sites excluding steroid dienone is 2. The Hall–Kier alpha value is -1.77. The van der Waals surface area contributed by atoms with Crippen molar-refractivity contribution in [3.63, 3.8) is 0 Å². The topological polar surface area (TPSA) is 107 Å². The van der Waals surface area contributed by atoms with E-state index < -0.39 is 5.78 Å². The molecule has 1 aromatic heterocycles. The van der Waals surface area contributed by atoms with E-state index >= 15 is 0 Å². The fourth-order valence-electron chi connectivity index (χ4n) is 1.77. The van der Waals surface area contributed by atoms with Gasteiger partial charge in [0.15, 0.2) is 12.0 Å². The van der Waals surface area contributed by atoms with Gasteiger partial charge in [-0.15, -0.1) is 11.8 Å². The first-order valence-corrected chi connectivity index (χ1v) is 8.90. The second-order valence-electron chi connectivity index (χ2n) is 4.86. The van der Waals surface area contributed by atoms with Gasteiger partial charge in [-0.1, -0.05) is 31.8 Å². The number of hydrogen-bond acceptors (Lipinski definition) is 8. The number of carbonyl (C=O) groups is 3. The molecule has 1 aliphatic carbocycles. The van der Waals surface area contributed by atoms with Gasteiger partial charge in [0.25, 0.3) is 0 Å². The van der Waals surface area contributed by atoms with E-state index in [0.29, 0.717) is 23.6 Å². The highest BCUT2D eigenvalue weighted by atomic mass is 32.2. The molecule has 8 heteroatoms. The number of fused-ring (bicyclic) bond motifs is 1. The summed E-state index contributed by atoms with van der Waals surface area (Å²) in [4.78, 5) is 34.4. The zero-order valence-corrected chi connectivity index (χ0v) is 15.9. The quantitative estimate of drug-likeness (QED) is 0.601. The summed E-state index contributed by atoms with van der Waals surface area (Å²) >= 11 is 1.26. The van der Waals surface area contributed by atoms with Crippen LogP contribution in [-0.4, -0.2) is 54.7 Å². The number of nitrogens with zero attached hydrogens (tertiary/aromatic N) is 1. The Morgan fingerprint density at radius 1 is 1.28 bits per heavy atom. The number of aromatic nitrogens is 1. The molecule has 1 aliphatic rings. The molecule has 0 fully saturated rings. The number of rotatable bonds is 6. The van der Waals surface area contributed by atoms with E-state index in [9.17, 15) is 14.4 Å². The van der Waals surface area contributed by atoms with Gasteiger partial charge in [0.1, 0.15) is 5.56 Å². The number of methoxy groups -OCH3 is 1. The lowest BCUT2D eigenvalue weighted by Gasteiger charge is -2.08. The van der Waals surface area contributed by atoms with Crippen molar-refractivity contribution in [2.75, 3.05) is 26.6 Å². The molecule has 0 aromatic carbocycles. The zero-order valence-electron chi connectivity index (χ0n) is 15.0. The van der Waals surface area contributed by atoms with Crippen molar-refractivity contribution in [3.05, 3.63) is 28.0 Å². The van der Waals surface area contributed by atoms with Gasteiger partial charge in [0.2, 0.25) is 17.3 Å². The van der Waals surface area contributed by atoms with Gasteiger partial charge in [-0.05, 0) is 12.2 Å². The van der Waals surface area contributed by atoms with Crippen LogP contribution in [0.5, 0.6) is 0 Å². The second-order valence-corrected chi connectivity index (χ2v) is 6.17. The van der Waals surface area contributed by atoms with Crippen molar-refractivity contribution in [1.82, 2.24) is 5.16 Å². The van der Waals surface area contributed by atoms with Crippen LogP contribution in [0.2, 0.25) is 0 Å². The molecule has 0 atom stereocenters. The van der Waals surface area contributed by atoms with Gasteiger partial charge in [-0.25, -0.2) is 0 Å². The van der Waals surface area contributed by atoms with Crippen molar-refractivity contribution in [2.45, 2.75) is 33.1 Å². The third-order valence-corrected chi connectivity index (χ3v) is 3.73. The lowest BCUT2D eigenvalue weighted by molar-refractivity contribution is 0.0967. The zero-order chi connectivity index (χ0) is 19.2. The van der Waals surface area contributed by atoms with Crippen molar-refractivity contribution in [1.29, 1.82) is 0 Å². The first-order valence-electron chi connectivity index (χ1n) is 7.91. The summed E-state index contributed by atoms with van der Waals surface area (Å²) in [5.41, 5.74) is -0.130. The molecule has 1 aromatic rings. The van der Waals surface area contributed by atoms with E-state index in [4.69, 9.17) is 5.11 Å². The maximum absolute atomic E-state index is 11.9. The van der Waals surface area contributed by atoms with Crippen molar-refractivity contribution < 1.29 is 28.8 Å². The van der Waals surface area contributed by atoms with E-state index in [1.165, 1.54) is 24.3 Å². The van der Waals surface area contributed by atoms with E-state index in [0.717, 1.165) is 12.8 Å². The van der Waals surface area contributed by atoms with Crippen LogP contribution >= 0.6 is 11.8 Å². The highest BCUT2D eigenvalue weighted by Gasteiger charge is 2.33. The number of aldehydes is 1. The van der Waals surface area contributed by atoms with E-state index in [1.807, 2.05) is 6.92 Å². The fraction of sp³-hybridized carbons (Fsp3) is 0.529.